The van der Waals surface area contributed by atoms with Crippen LogP contribution in [-0.4, -0.2) is 28.0 Å². The number of aromatic nitrogens is 1. The fourth-order valence-electron chi connectivity index (χ4n) is 2.58. The van der Waals surface area contributed by atoms with E-state index in [-0.39, 0.29) is 5.69 Å². The predicted molar refractivity (Wildman–Crippen MR) is 90.1 cm³/mol. The van der Waals surface area contributed by atoms with Gasteiger partial charge in [-0.1, -0.05) is 11.6 Å². The van der Waals surface area contributed by atoms with Crippen LogP contribution in [0.2, 0.25) is 0 Å². The Morgan fingerprint density at radius 1 is 1.28 bits per heavy atom. The fraction of sp³-hybridized carbons (Fsp3) is 0.438. The number of carbonyl (C=O) groups excluding carboxylic acids is 2. The summed E-state index contributed by atoms with van der Waals surface area (Å²) in [6.45, 7) is -0.0548. The number of nitro groups is 1. The summed E-state index contributed by atoms with van der Waals surface area (Å²) in [6.07, 6.45) is 8.36. The summed E-state index contributed by atoms with van der Waals surface area (Å²) in [6, 6.07) is 1.41. The van der Waals surface area contributed by atoms with Gasteiger partial charge < -0.3 is 5.32 Å². The highest BCUT2D eigenvalue weighted by Gasteiger charge is 2.13. The van der Waals surface area contributed by atoms with Crippen molar-refractivity contribution < 1.29 is 14.5 Å². The first-order valence-corrected chi connectivity index (χ1v) is 8.06. The van der Waals surface area contributed by atoms with Crippen LogP contribution < -0.4 is 16.2 Å². The van der Waals surface area contributed by atoms with E-state index in [1.54, 1.807) is 0 Å². The minimum absolute atomic E-state index is 0.308. The van der Waals surface area contributed by atoms with E-state index in [9.17, 15) is 24.5 Å². The van der Waals surface area contributed by atoms with Crippen molar-refractivity contribution in [2.45, 2.75) is 38.6 Å². The predicted octanol–water partition coefficient (Wildman–Crippen LogP) is 1.47. The third kappa shape index (κ3) is 5.87. The lowest BCUT2D eigenvalue weighted by atomic mass is 9.97. The minimum Gasteiger partial charge on any atom is -0.337 e. The van der Waals surface area contributed by atoms with Crippen molar-refractivity contribution in [3.05, 3.63) is 50.4 Å². The zero-order valence-electron chi connectivity index (χ0n) is 13.7. The molecule has 1 heterocycles. The summed E-state index contributed by atoms with van der Waals surface area (Å²) < 4.78 is 0.883. The summed E-state index contributed by atoms with van der Waals surface area (Å²) in [7, 11) is 0. The smallest absolute Gasteiger partial charge is 0.321 e. The second-order valence-electron chi connectivity index (χ2n) is 5.77. The van der Waals surface area contributed by atoms with Gasteiger partial charge in [-0.2, -0.15) is 0 Å². The van der Waals surface area contributed by atoms with Crippen molar-refractivity contribution in [2.24, 2.45) is 0 Å². The number of nitrogens with zero attached hydrogens (tertiary/aromatic N) is 2. The topological polar surface area (TPSA) is 123 Å². The number of allylic oxidation sites excluding steroid dienone is 1. The Morgan fingerprint density at radius 3 is 2.76 bits per heavy atom. The molecule has 0 radical (unpaired) electrons. The van der Waals surface area contributed by atoms with Gasteiger partial charge in [0.1, 0.15) is 6.54 Å². The quantitative estimate of drug-likeness (QED) is 0.458. The van der Waals surface area contributed by atoms with E-state index >= 15 is 0 Å². The number of hydrogen-bond acceptors (Lipinski definition) is 5. The minimum atomic E-state index is -0.725. The molecule has 1 aromatic heterocycles. The highest BCUT2D eigenvalue weighted by atomic mass is 16.6. The van der Waals surface area contributed by atoms with Gasteiger partial charge in [-0.05, 0) is 32.1 Å². The van der Waals surface area contributed by atoms with Crippen LogP contribution >= 0.6 is 0 Å². The number of carbonyl (C=O) groups is 2. The molecule has 0 saturated carbocycles. The van der Waals surface area contributed by atoms with Crippen LogP contribution in [0.1, 0.15) is 32.1 Å². The molecule has 0 saturated heterocycles. The SMILES string of the molecule is O=C(Cn1cc([N+](=O)[O-])ccc1=O)NC(=O)NCCC1=CCCCC1. The summed E-state index contributed by atoms with van der Waals surface area (Å²) in [5.74, 6) is -0.725. The summed E-state index contributed by atoms with van der Waals surface area (Å²) in [5.41, 5.74) is 0.434. The molecular formula is C16H20N4O5. The standard InChI is InChI=1S/C16H20N4O5/c21-14(11-19-10-13(20(24)25)6-7-15(19)22)18-16(23)17-9-8-12-4-2-1-3-5-12/h4,6-7,10H,1-3,5,8-9,11H2,(H2,17,18,21,23). The molecule has 9 heteroatoms. The van der Waals surface area contributed by atoms with Crippen LogP contribution in [0.25, 0.3) is 0 Å². The van der Waals surface area contributed by atoms with E-state index in [4.69, 9.17) is 0 Å². The molecule has 0 atom stereocenters. The molecule has 2 N–H and O–H groups in total. The molecule has 0 bridgehead atoms. The first kappa shape index (κ1) is 18.4. The van der Waals surface area contributed by atoms with Crippen LogP contribution in [0.15, 0.2) is 34.8 Å². The van der Waals surface area contributed by atoms with Gasteiger partial charge >= 0.3 is 6.03 Å². The molecule has 0 spiro atoms. The van der Waals surface area contributed by atoms with E-state index < -0.39 is 29.0 Å². The maximum absolute atomic E-state index is 11.8. The van der Waals surface area contributed by atoms with Crippen molar-refractivity contribution in [3.63, 3.8) is 0 Å². The largest absolute Gasteiger partial charge is 0.337 e. The second kappa shape index (κ2) is 8.76. The first-order valence-electron chi connectivity index (χ1n) is 8.06. The molecule has 0 fully saturated rings. The number of amides is 3. The third-order valence-electron chi connectivity index (χ3n) is 3.86. The van der Waals surface area contributed by atoms with Crippen LogP contribution in [0.3, 0.4) is 0 Å². The number of hydrogen-bond donors (Lipinski definition) is 2. The van der Waals surface area contributed by atoms with Gasteiger partial charge in [0.15, 0.2) is 0 Å². The lowest BCUT2D eigenvalue weighted by molar-refractivity contribution is -0.385. The van der Waals surface area contributed by atoms with E-state index in [1.807, 2.05) is 0 Å². The van der Waals surface area contributed by atoms with Crippen molar-refractivity contribution in [1.29, 1.82) is 0 Å². The molecule has 1 aliphatic carbocycles. The molecular weight excluding hydrogens is 328 g/mol. The van der Waals surface area contributed by atoms with Gasteiger partial charge in [-0.3, -0.25) is 29.6 Å². The Morgan fingerprint density at radius 2 is 2.08 bits per heavy atom. The van der Waals surface area contributed by atoms with Gasteiger partial charge in [-0.25, -0.2) is 4.79 Å². The Labute approximate surface area is 143 Å². The maximum atomic E-state index is 11.8. The first-order chi connectivity index (χ1) is 12.0. The summed E-state index contributed by atoms with van der Waals surface area (Å²) >= 11 is 0. The molecule has 1 aliphatic rings. The number of rotatable bonds is 6. The molecule has 2 rings (SSSR count). The maximum Gasteiger partial charge on any atom is 0.321 e. The molecule has 134 valence electrons. The van der Waals surface area contributed by atoms with Crippen molar-refractivity contribution in [3.8, 4) is 0 Å². The van der Waals surface area contributed by atoms with Crippen LogP contribution in [0.5, 0.6) is 0 Å². The zero-order valence-corrected chi connectivity index (χ0v) is 13.7. The van der Waals surface area contributed by atoms with Crippen molar-refractivity contribution in [2.75, 3.05) is 6.54 Å². The lowest BCUT2D eigenvalue weighted by Gasteiger charge is -2.13. The molecule has 9 nitrogen and oxygen atoms in total. The summed E-state index contributed by atoms with van der Waals surface area (Å²) in [4.78, 5) is 45.1. The monoisotopic (exact) mass is 348 g/mol. The number of urea groups is 1. The third-order valence-corrected chi connectivity index (χ3v) is 3.86. The van der Waals surface area contributed by atoms with Gasteiger partial charge in [0.2, 0.25) is 5.91 Å². The Bertz CT molecular complexity index is 753. The second-order valence-corrected chi connectivity index (χ2v) is 5.77. The van der Waals surface area contributed by atoms with E-state index in [0.29, 0.717) is 6.54 Å². The Balaban J connectivity index is 1.80. The lowest BCUT2D eigenvalue weighted by Crippen LogP contribution is -2.42. The van der Waals surface area contributed by atoms with Gasteiger partial charge in [-0.15, -0.1) is 0 Å². The molecule has 25 heavy (non-hydrogen) atoms. The van der Waals surface area contributed by atoms with Crippen LogP contribution in [0, 0.1) is 10.1 Å². The van der Waals surface area contributed by atoms with E-state index in [0.717, 1.165) is 48.6 Å². The Hall–Kier alpha value is -2.97. The highest BCUT2D eigenvalue weighted by Crippen LogP contribution is 2.19. The fourth-order valence-corrected chi connectivity index (χ4v) is 2.58. The number of imide groups is 1. The molecule has 0 aromatic carbocycles. The van der Waals surface area contributed by atoms with E-state index in [2.05, 4.69) is 16.7 Å². The van der Waals surface area contributed by atoms with Gasteiger partial charge in [0, 0.05) is 18.7 Å². The number of nitrogens with one attached hydrogen (secondary N) is 2. The van der Waals surface area contributed by atoms with Crippen molar-refractivity contribution in [1.82, 2.24) is 15.2 Å². The van der Waals surface area contributed by atoms with E-state index in [1.165, 1.54) is 12.0 Å². The zero-order chi connectivity index (χ0) is 18.2. The van der Waals surface area contributed by atoms with Gasteiger partial charge in [0.05, 0.1) is 11.1 Å². The average Bonchev–Trinajstić information content (AvgIpc) is 2.57. The molecule has 3 amide bonds. The molecule has 1 aromatic rings. The average molecular weight is 348 g/mol. The normalized spacial score (nSPS) is 13.7. The van der Waals surface area contributed by atoms with Crippen molar-refractivity contribution >= 4 is 17.6 Å². The number of pyridine rings is 1. The highest BCUT2D eigenvalue weighted by molar-refractivity contribution is 5.94. The van der Waals surface area contributed by atoms with Gasteiger partial charge in [0.25, 0.3) is 11.2 Å². The molecule has 0 aliphatic heterocycles. The Kier molecular flexibility index (Phi) is 6.44. The summed E-state index contributed by atoms with van der Waals surface area (Å²) in [5, 5.41) is 15.4. The molecule has 0 unspecified atom stereocenters. The van der Waals surface area contributed by atoms with Crippen LogP contribution in [-0.2, 0) is 11.3 Å². The van der Waals surface area contributed by atoms with Crippen LogP contribution in [0.4, 0.5) is 10.5 Å².